The first kappa shape index (κ1) is 17.0. The molecule has 0 heterocycles. The maximum atomic E-state index is 2.43. The molecule has 0 N–H and O–H groups in total. The Balaban J connectivity index is 4.27. The second kappa shape index (κ2) is 7.44. The van der Waals surface area contributed by atoms with E-state index in [1.807, 2.05) is 0 Å². The molecule has 0 aromatic carbocycles. The second-order valence-electron chi connectivity index (χ2n) is 7.67. The molecule has 0 fully saturated rings. The predicted molar refractivity (Wildman–Crippen MR) is 80.3 cm³/mol. The van der Waals surface area contributed by atoms with Gasteiger partial charge in [0.25, 0.3) is 0 Å². The van der Waals surface area contributed by atoms with E-state index in [1.165, 1.54) is 25.7 Å². The van der Waals surface area contributed by atoms with Gasteiger partial charge in [0.05, 0.1) is 0 Å². The van der Waals surface area contributed by atoms with Crippen LogP contribution in [0.1, 0.15) is 81.1 Å². The third-order valence-corrected chi connectivity index (χ3v) is 4.29. The summed E-state index contributed by atoms with van der Waals surface area (Å²) in [7, 11) is 0. The van der Waals surface area contributed by atoms with Crippen LogP contribution in [0.2, 0.25) is 0 Å². The summed E-state index contributed by atoms with van der Waals surface area (Å²) in [5, 5.41) is 0. The highest BCUT2D eigenvalue weighted by molar-refractivity contribution is 4.78. The molecule has 0 radical (unpaired) electrons. The van der Waals surface area contributed by atoms with Crippen molar-refractivity contribution in [1.29, 1.82) is 0 Å². The first-order chi connectivity index (χ1) is 7.68. The van der Waals surface area contributed by atoms with Crippen molar-refractivity contribution in [3.05, 3.63) is 0 Å². The summed E-state index contributed by atoms with van der Waals surface area (Å²) in [6.07, 6.45) is 5.52. The Kier molecular flexibility index (Phi) is 7.44. The molecule has 0 aromatic heterocycles. The second-order valence-corrected chi connectivity index (χ2v) is 7.67. The molecule has 0 saturated carbocycles. The molecule has 0 aromatic rings. The average molecular weight is 240 g/mol. The van der Waals surface area contributed by atoms with E-state index in [1.54, 1.807) is 0 Å². The van der Waals surface area contributed by atoms with Gasteiger partial charge in [-0.3, -0.25) is 0 Å². The van der Waals surface area contributed by atoms with Gasteiger partial charge >= 0.3 is 0 Å². The first-order valence-corrected chi connectivity index (χ1v) is 7.68. The Morgan fingerprint density at radius 1 is 0.882 bits per heavy atom. The third-order valence-electron chi connectivity index (χ3n) is 4.29. The van der Waals surface area contributed by atoms with E-state index in [4.69, 9.17) is 0 Å². The smallest absolute Gasteiger partial charge is 0.0340 e. The summed E-state index contributed by atoms with van der Waals surface area (Å²) in [4.78, 5) is 0. The number of hydrogen-bond acceptors (Lipinski definition) is 0. The van der Waals surface area contributed by atoms with Crippen LogP contribution in [0.15, 0.2) is 0 Å². The van der Waals surface area contributed by atoms with Crippen molar-refractivity contribution in [3.8, 4) is 0 Å². The van der Waals surface area contributed by atoms with Gasteiger partial charge in [0.2, 0.25) is 0 Å². The van der Waals surface area contributed by atoms with E-state index in [0.717, 1.165) is 23.7 Å². The zero-order valence-electron chi connectivity index (χ0n) is 13.6. The summed E-state index contributed by atoms with van der Waals surface area (Å²) < 4.78 is 0. The minimum absolute atomic E-state index is 0.465. The summed E-state index contributed by atoms with van der Waals surface area (Å²) in [5.41, 5.74) is 0.465. The minimum atomic E-state index is 0.465. The molecule has 0 nitrogen and oxygen atoms in total. The van der Waals surface area contributed by atoms with Gasteiger partial charge in [-0.15, -0.1) is 0 Å². The molecule has 0 bridgehead atoms. The molecule has 0 saturated heterocycles. The zero-order valence-corrected chi connectivity index (χ0v) is 13.6. The van der Waals surface area contributed by atoms with Crippen LogP contribution in [-0.2, 0) is 0 Å². The van der Waals surface area contributed by atoms with E-state index in [2.05, 4.69) is 55.4 Å². The topological polar surface area (TPSA) is 0 Å². The van der Waals surface area contributed by atoms with Gasteiger partial charge in [-0.2, -0.15) is 0 Å². The van der Waals surface area contributed by atoms with Gasteiger partial charge in [0.1, 0.15) is 0 Å². The average Bonchev–Trinajstić information content (AvgIpc) is 2.14. The van der Waals surface area contributed by atoms with Gasteiger partial charge in [-0.25, -0.2) is 0 Å². The lowest BCUT2D eigenvalue weighted by Gasteiger charge is -2.36. The van der Waals surface area contributed by atoms with Crippen LogP contribution >= 0.6 is 0 Å². The molecular weight excluding hydrogens is 204 g/mol. The van der Waals surface area contributed by atoms with Crippen molar-refractivity contribution >= 4 is 0 Å². The van der Waals surface area contributed by atoms with Crippen molar-refractivity contribution < 1.29 is 0 Å². The van der Waals surface area contributed by atoms with Crippen LogP contribution in [0.3, 0.4) is 0 Å². The molecule has 3 unspecified atom stereocenters. The highest BCUT2D eigenvalue weighted by Gasteiger charge is 2.28. The van der Waals surface area contributed by atoms with E-state index < -0.39 is 0 Å². The van der Waals surface area contributed by atoms with Crippen molar-refractivity contribution in [2.24, 2.45) is 29.1 Å². The predicted octanol–water partition coefficient (Wildman–Crippen LogP) is 6.16. The molecule has 0 aliphatic rings. The fourth-order valence-electron chi connectivity index (χ4n) is 3.24. The fourth-order valence-corrected chi connectivity index (χ4v) is 3.24. The van der Waals surface area contributed by atoms with Crippen molar-refractivity contribution in [2.75, 3.05) is 0 Å². The molecule has 104 valence electrons. The van der Waals surface area contributed by atoms with E-state index in [0.29, 0.717) is 5.41 Å². The van der Waals surface area contributed by atoms with Crippen molar-refractivity contribution in [3.63, 3.8) is 0 Å². The maximum absolute atomic E-state index is 2.43. The Labute approximate surface area is 111 Å². The van der Waals surface area contributed by atoms with Gasteiger partial charge in [-0.1, -0.05) is 68.2 Å². The lowest BCUT2D eigenvalue weighted by atomic mass is 9.70. The maximum Gasteiger partial charge on any atom is -0.0340 e. The van der Waals surface area contributed by atoms with E-state index in [-0.39, 0.29) is 0 Å². The monoisotopic (exact) mass is 240 g/mol. The Morgan fingerprint density at radius 2 is 1.41 bits per heavy atom. The van der Waals surface area contributed by atoms with Gasteiger partial charge in [0.15, 0.2) is 0 Å². The summed E-state index contributed by atoms with van der Waals surface area (Å²) >= 11 is 0. The SMILES string of the molecule is CCC(C)C(CCC(C)CC(C)C)C(C)(C)C. The molecule has 0 spiro atoms. The molecule has 3 atom stereocenters. The fraction of sp³-hybridized carbons (Fsp3) is 1.00. The van der Waals surface area contributed by atoms with E-state index >= 15 is 0 Å². The lowest BCUT2D eigenvalue weighted by Crippen LogP contribution is -2.27. The van der Waals surface area contributed by atoms with Crippen LogP contribution in [0, 0.1) is 29.1 Å². The molecule has 0 rings (SSSR count). The van der Waals surface area contributed by atoms with Crippen LogP contribution in [-0.4, -0.2) is 0 Å². The normalized spacial score (nSPS) is 18.2. The van der Waals surface area contributed by atoms with Crippen molar-refractivity contribution in [2.45, 2.75) is 81.1 Å². The Morgan fingerprint density at radius 3 is 1.76 bits per heavy atom. The quantitative estimate of drug-likeness (QED) is 0.500. The first-order valence-electron chi connectivity index (χ1n) is 7.68. The number of rotatable bonds is 7. The summed E-state index contributed by atoms with van der Waals surface area (Å²) in [6.45, 7) is 19.1. The molecule has 0 aliphatic heterocycles. The largest absolute Gasteiger partial charge is 0.0651 e. The molecule has 0 amide bonds. The molecule has 0 aliphatic carbocycles. The highest BCUT2D eigenvalue weighted by Crippen LogP contribution is 2.38. The minimum Gasteiger partial charge on any atom is -0.0651 e. The number of hydrogen-bond donors (Lipinski definition) is 0. The molecular formula is C17H36. The summed E-state index contributed by atoms with van der Waals surface area (Å²) in [5.74, 6) is 3.48. The Hall–Kier alpha value is 0. The summed E-state index contributed by atoms with van der Waals surface area (Å²) in [6, 6.07) is 0. The Bertz CT molecular complexity index is 185. The molecule has 17 heavy (non-hydrogen) atoms. The van der Waals surface area contributed by atoms with Gasteiger partial charge in [-0.05, 0) is 41.9 Å². The van der Waals surface area contributed by atoms with Crippen molar-refractivity contribution in [1.82, 2.24) is 0 Å². The van der Waals surface area contributed by atoms with Crippen LogP contribution in [0.25, 0.3) is 0 Å². The van der Waals surface area contributed by atoms with Crippen LogP contribution in [0.5, 0.6) is 0 Å². The third kappa shape index (κ3) is 7.11. The standard InChI is InChI=1S/C17H36/c1-9-15(5)16(17(6,7)8)11-10-14(4)12-13(2)3/h13-16H,9-12H2,1-8H3. The van der Waals surface area contributed by atoms with Crippen LogP contribution in [0.4, 0.5) is 0 Å². The van der Waals surface area contributed by atoms with Crippen LogP contribution < -0.4 is 0 Å². The lowest BCUT2D eigenvalue weighted by molar-refractivity contribution is 0.141. The highest BCUT2D eigenvalue weighted by atomic mass is 14.3. The molecule has 0 heteroatoms. The van der Waals surface area contributed by atoms with Gasteiger partial charge in [0, 0.05) is 0 Å². The zero-order chi connectivity index (χ0) is 13.6. The van der Waals surface area contributed by atoms with Gasteiger partial charge < -0.3 is 0 Å². The van der Waals surface area contributed by atoms with E-state index in [9.17, 15) is 0 Å².